The molecule has 3 N–H and O–H groups in total. The lowest BCUT2D eigenvalue weighted by Gasteiger charge is -2.03. The summed E-state index contributed by atoms with van der Waals surface area (Å²) in [5, 5.41) is 10.8. The van der Waals surface area contributed by atoms with E-state index in [1.54, 1.807) is 24.3 Å². The summed E-state index contributed by atoms with van der Waals surface area (Å²) in [6.07, 6.45) is 3.05. The normalized spacial score (nSPS) is 11.7. The smallest absolute Gasteiger partial charge is 0.364 e. The van der Waals surface area contributed by atoms with Crippen LogP contribution in [0.3, 0.4) is 0 Å². The van der Waals surface area contributed by atoms with Gasteiger partial charge < -0.3 is 10.7 Å². The van der Waals surface area contributed by atoms with Crippen molar-refractivity contribution in [2.75, 3.05) is 0 Å². The zero-order chi connectivity index (χ0) is 19.7. The van der Waals surface area contributed by atoms with Crippen LogP contribution in [0.1, 0.15) is 27.2 Å². The molecule has 3 rings (SSSR count). The molecule has 1 atom stereocenters. The second-order valence-electron chi connectivity index (χ2n) is 6.16. The van der Waals surface area contributed by atoms with Gasteiger partial charge in [-0.1, -0.05) is 22.2 Å². The minimum Gasteiger partial charge on any atom is -0.364 e. The number of primary amides is 1. The van der Waals surface area contributed by atoms with Crippen LogP contribution in [-0.2, 0) is 4.57 Å². The standard InChI is InChI=1S/C20H15ClN3O2P/c1-11-8-13(4-3-7-22)12(2)17(9-11)27(26)19-15-10-14(21)5-6-16(15)24-18(19)20(23)25/h3-6,8-10H,1-2H3,(H2-,23,24,25,26)/p+1/b4-3+. The number of hydrogen-bond acceptors (Lipinski definition) is 3. The first kappa shape index (κ1) is 18.8. The molecule has 0 fully saturated rings. The van der Waals surface area contributed by atoms with Gasteiger partial charge in [-0.15, -0.1) is 0 Å². The molecule has 1 amide bonds. The van der Waals surface area contributed by atoms with Crippen molar-refractivity contribution in [1.82, 2.24) is 4.98 Å². The molecule has 0 aliphatic heterocycles. The third kappa shape index (κ3) is 3.50. The van der Waals surface area contributed by atoms with Crippen LogP contribution in [0.5, 0.6) is 0 Å². The molecule has 7 heteroatoms. The van der Waals surface area contributed by atoms with Gasteiger partial charge >= 0.3 is 7.80 Å². The Kier molecular flexibility index (Phi) is 5.14. The van der Waals surface area contributed by atoms with Gasteiger partial charge in [-0.25, -0.2) is 0 Å². The molecule has 0 spiro atoms. The molecule has 1 aromatic heterocycles. The van der Waals surface area contributed by atoms with Gasteiger partial charge in [0.2, 0.25) is 5.30 Å². The zero-order valence-corrected chi connectivity index (χ0v) is 16.4. The first-order valence-corrected chi connectivity index (χ1v) is 9.73. The average Bonchev–Trinajstić information content (AvgIpc) is 3.00. The van der Waals surface area contributed by atoms with E-state index in [4.69, 9.17) is 22.6 Å². The van der Waals surface area contributed by atoms with E-state index in [1.165, 1.54) is 6.08 Å². The lowest BCUT2D eigenvalue weighted by Crippen LogP contribution is -2.21. The number of amides is 1. The number of aromatic amines is 1. The van der Waals surface area contributed by atoms with Crippen molar-refractivity contribution in [1.29, 1.82) is 5.26 Å². The number of nitrogens with two attached hydrogens (primary N) is 1. The number of rotatable bonds is 4. The number of halogens is 1. The second-order valence-corrected chi connectivity index (χ2v) is 8.11. The molecule has 1 unspecified atom stereocenters. The number of nitrogens with zero attached hydrogens (tertiary/aromatic N) is 1. The van der Waals surface area contributed by atoms with E-state index in [0.717, 1.165) is 16.7 Å². The van der Waals surface area contributed by atoms with Crippen molar-refractivity contribution in [2.45, 2.75) is 13.8 Å². The summed E-state index contributed by atoms with van der Waals surface area (Å²) in [6.45, 7) is 3.72. The fraction of sp³-hybridized carbons (Fsp3) is 0.100. The minimum atomic E-state index is -2.12. The predicted molar refractivity (Wildman–Crippen MR) is 109 cm³/mol. The fourth-order valence-electron chi connectivity index (χ4n) is 3.04. The molecule has 27 heavy (non-hydrogen) atoms. The van der Waals surface area contributed by atoms with Gasteiger partial charge in [0.15, 0.2) is 11.0 Å². The summed E-state index contributed by atoms with van der Waals surface area (Å²) in [5.74, 6) is -0.685. The highest BCUT2D eigenvalue weighted by molar-refractivity contribution is 7.62. The first-order valence-electron chi connectivity index (χ1n) is 8.09. The van der Waals surface area contributed by atoms with Crippen LogP contribution in [0.25, 0.3) is 17.0 Å². The Bertz CT molecular complexity index is 1170. The van der Waals surface area contributed by atoms with Crippen LogP contribution in [0, 0.1) is 25.2 Å². The highest BCUT2D eigenvalue weighted by Crippen LogP contribution is 2.31. The van der Waals surface area contributed by atoms with Crippen LogP contribution in [0.15, 0.2) is 36.4 Å². The van der Waals surface area contributed by atoms with E-state index >= 15 is 0 Å². The molecule has 0 aliphatic carbocycles. The van der Waals surface area contributed by atoms with Gasteiger partial charge in [0.1, 0.15) is 0 Å². The minimum absolute atomic E-state index is 0.114. The highest BCUT2D eigenvalue weighted by Gasteiger charge is 2.36. The monoisotopic (exact) mass is 396 g/mol. The summed E-state index contributed by atoms with van der Waals surface area (Å²) in [7, 11) is -2.12. The molecule has 134 valence electrons. The molecule has 1 heterocycles. The van der Waals surface area contributed by atoms with Crippen molar-refractivity contribution in [3.63, 3.8) is 0 Å². The quantitative estimate of drug-likeness (QED) is 0.517. The number of aryl methyl sites for hydroxylation is 1. The van der Waals surface area contributed by atoms with Gasteiger partial charge in [-0.2, -0.15) is 5.26 Å². The summed E-state index contributed by atoms with van der Waals surface area (Å²) in [4.78, 5) is 14.9. The molecule has 5 nitrogen and oxygen atoms in total. The Morgan fingerprint density at radius 3 is 2.70 bits per heavy atom. The third-order valence-corrected chi connectivity index (χ3v) is 6.31. The summed E-state index contributed by atoms with van der Waals surface area (Å²) in [6, 6.07) is 10.8. The highest BCUT2D eigenvalue weighted by atomic mass is 35.5. The zero-order valence-electron chi connectivity index (χ0n) is 14.7. The molecule has 0 bridgehead atoms. The third-order valence-electron chi connectivity index (χ3n) is 4.30. The average molecular weight is 397 g/mol. The van der Waals surface area contributed by atoms with Crippen molar-refractivity contribution >= 4 is 52.9 Å². The number of H-pyrrole nitrogens is 1. The van der Waals surface area contributed by atoms with Gasteiger partial charge in [0.05, 0.1) is 17.0 Å². The molecular formula is C20H16ClN3O2P+. The SMILES string of the molecule is Cc1cc(/C=C/C#N)c(C)c([P+](=O)c2c(C(N)=O)[nH]c3ccc(Cl)cc23)c1. The number of nitrogens with one attached hydrogen (secondary N) is 1. The Hall–Kier alpha value is -2.93. The van der Waals surface area contributed by atoms with Gasteiger partial charge in [-0.05, 0) is 55.3 Å². The van der Waals surface area contributed by atoms with Crippen LogP contribution in [-0.4, -0.2) is 10.9 Å². The molecule has 0 saturated heterocycles. The van der Waals surface area contributed by atoms with Crippen LogP contribution < -0.4 is 16.3 Å². The Morgan fingerprint density at radius 2 is 2.04 bits per heavy atom. The summed E-state index contributed by atoms with van der Waals surface area (Å²) >= 11 is 6.10. The van der Waals surface area contributed by atoms with Crippen molar-refractivity contribution in [3.05, 3.63) is 63.8 Å². The topological polar surface area (TPSA) is 99.7 Å². The van der Waals surface area contributed by atoms with Gasteiger partial charge in [0.25, 0.3) is 5.91 Å². The van der Waals surface area contributed by atoms with E-state index in [0.29, 0.717) is 26.5 Å². The number of carbonyl (C=O) groups is 1. The number of hydrogen-bond donors (Lipinski definition) is 2. The van der Waals surface area contributed by atoms with E-state index < -0.39 is 13.7 Å². The number of aromatic nitrogens is 1. The van der Waals surface area contributed by atoms with Gasteiger partial charge in [-0.3, -0.25) is 4.79 Å². The number of carbonyl (C=O) groups excluding carboxylic acids is 1. The Morgan fingerprint density at radius 1 is 1.30 bits per heavy atom. The van der Waals surface area contributed by atoms with Crippen molar-refractivity contribution < 1.29 is 9.36 Å². The molecule has 3 aromatic rings. The van der Waals surface area contributed by atoms with Crippen LogP contribution >= 0.6 is 19.4 Å². The molecule has 0 radical (unpaired) electrons. The van der Waals surface area contributed by atoms with E-state index in [1.807, 2.05) is 32.0 Å². The van der Waals surface area contributed by atoms with E-state index in [-0.39, 0.29) is 5.69 Å². The number of nitriles is 1. The maximum absolute atomic E-state index is 13.5. The van der Waals surface area contributed by atoms with Crippen molar-refractivity contribution in [3.8, 4) is 6.07 Å². The number of allylic oxidation sites excluding steroid dienone is 1. The van der Waals surface area contributed by atoms with E-state index in [9.17, 15) is 9.36 Å². The summed E-state index contributed by atoms with van der Waals surface area (Å²) < 4.78 is 13.5. The first-order chi connectivity index (χ1) is 12.8. The predicted octanol–water partition coefficient (Wildman–Crippen LogP) is 3.85. The lowest BCUT2D eigenvalue weighted by molar-refractivity contribution is 0.0997. The summed E-state index contributed by atoms with van der Waals surface area (Å²) in [5.41, 5.74) is 8.75. The van der Waals surface area contributed by atoms with Crippen LogP contribution in [0.2, 0.25) is 5.02 Å². The van der Waals surface area contributed by atoms with Gasteiger partial charge in [0, 0.05) is 16.7 Å². The van der Waals surface area contributed by atoms with Crippen molar-refractivity contribution in [2.24, 2.45) is 5.73 Å². The lowest BCUT2D eigenvalue weighted by atomic mass is 10.1. The number of benzene rings is 2. The van der Waals surface area contributed by atoms with Crippen LogP contribution in [0.4, 0.5) is 0 Å². The molecular weight excluding hydrogens is 381 g/mol. The maximum Gasteiger partial charge on any atom is 0.418 e. The molecule has 2 aromatic carbocycles. The largest absolute Gasteiger partial charge is 0.418 e. The fourth-order valence-corrected chi connectivity index (χ4v) is 4.98. The van der Waals surface area contributed by atoms with E-state index in [2.05, 4.69) is 4.98 Å². The molecule has 0 saturated carbocycles. The number of fused-ring (bicyclic) bond motifs is 1. The second kappa shape index (κ2) is 7.36. The Labute approximate surface area is 162 Å². The molecule has 0 aliphatic rings. The Balaban J connectivity index is 2.29. The maximum atomic E-state index is 13.5.